The van der Waals surface area contributed by atoms with Gasteiger partial charge in [-0.25, -0.2) is 4.98 Å². The average Bonchev–Trinajstić information content (AvgIpc) is 2.75. The van der Waals surface area contributed by atoms with Gasteiger partial charge in [0.05, 0.1) is 17.9 Å². The number of piperazine rings is 1. The van der Waals surface area contributed by atoms with Crippen LogP contribution in [0.3, 0.4) is 0 Å². The molecule has 8 nitrogen and oxygen atoms in total. The van der Waals surface area contributed by atoms with Crippen LogP contribution in [-0.2, 0) is 17.8 Å². The molecule has 0 unspecified atom stereocenters. The molecule has 0 radical (unpaired) electrons. The number of ether oxygens (including phenoxy) is 1. The number of hydrogen-bond acceptors (Lipinski definition) is 6. The molecule has 1 aliphatic heterocycles. The zero-order valence-electron chi connectivity index (χ0n) is 19.0. The standard InChI is InChI=1S/C23H33N5O3/c1-5-13-31-20-8-7-17(15-28-11-9-27(4)10-12-28)14-18(20)22-25-19(6-2)21(23(30)26-22)24-16(3)29/h7-8,14H,5-6,9-13,15H2,1-4H3,(H,24,29)(H,25,26,30). The maximum Gasteiger partial charge on any atom is 0.275 e. The maximum atomic E-state index is 12.7. The summed E-state index contributed by atoms with van der Waals surface area (Å²) in [7, 11) is 2.15. The second-order valence-electron chi connectivity index (χ2n) is 8.03. The summed E-state index contributed by atoms with van der Waals surface area (Å²) in [5.74, 6) is 0.861. The summed E-state index contributed by atoms with van der Waals surface area (Å²) in [6, 6.07) is 6.10. The lowest BCUT2D eigenvalue weighted by atomic mass is 10.1. The van der Waals surface area contributed by atoms with Crippen molar-refractivity contribution in [1.29, 1.82) is 0 Å². The molecule has 0 atom stereocenters. The molecule has 2 heterocycles. The van der Waals surface area contributed by atoms with Crippen molar-refractivity contribution in [1.82, 2.24) is 19.8 Å². The molecule has 168 valence electrons. The third-order valence-electron chi connectivity index (χ3n) is 5.39. The first-order valence-corrected chi connectivity index (χ1v) is 11.0. The molecule has 1 saturated heterocycles. The molecular weight excluding hydrogens is 394 g/mol. The highest BCUT2D eigenvalue weighted by Crippen LogP contribution is 2.30. The Hall–Kier alpha value is -2.71. The normalized spacial score (nSPS) is 15.1. The highest BCUT2D eigenvalue weighted by molar-refractivity contribution is 5.89. The van der Waals surface area contributed by atoms with Crippen molar-refractivity contribution in [3.05, 3.63) is 39.8 Å². The number of amides is 1. The van der Waals surface area contributed by atoms with Gasteiger partial charge in [-0.2, -0.15) is 0 Å². The third-order valence-corrected chi connectivity index (χ3v) is 5.39. The second kappa shape index (κ2) is 10.5. The van der Waals surface area contributed by atoms with E-state index in [9.17, 15) is 9.59 Å². The van der Waals surface area contributed by atoms with Crippen LogP contribution in [0.2, 0.25) is 0 Å². The molecule has 0 saturated carbocycles. The lowest BCUT2D eigenvalue weighted by Gasteiger charge is -2.32. The van der Waals surface area contributed by atoms with Crippen LogP contribution in [0, 0.1) is 0 Å². The average molecular weight is 428 g/mol. The minimum Gasteiger partial charge on any atom is -0.493 e. The van der Waals surface area contributed by atoms with Gasteiger partial charge >= 0.3 is 0 Å². The van der Waals surface area contributed by atoms with E-state index in [0.29, 0.717) is 30.3 Å². The molecule has 2 N–H and O–H groups in total. The van der Waals surface area contributed by atoms with E-state index in [4.69, 9.17) is 4.74 Å². The number of nitrogens with zero attached hydrogens (tertiary/aromatic N) is 3. The Morgan fingerprint density at radius 2 is 1.97 bits per heavy atom. The first-order chi connectivity index (χ1) is 14.9. The summed E-state index contributed by atoms with van der Waals surface area (Å²) in [6.07, 6.45) is 1.41. The predicted octanol–water partition coefficient (Wildman–Crippen LogP) is 2.49. The molecular formula is C23H33N5O3. The number of benzene rings is 1. The highest BCUT2D eigenvalue weighted by Gasteiger charge is 2.18. The number of aryl methyl sites for hydroxylation is 1. The van der Waals surface area contributed by atoms with E-state index in [-0.39, 0.29) is 17.2 Å². The fourth-order valence-electron chi connectivity index (χ4n) is 3.67. The Labute approximate surface area is 183 Å². The number of likely N-dealkylation sites (N-methyl/N-ethyl adjacent to an activating group) is 1. The molecule has 3 rings (SSSR count). The van der Waals surface area contributed by atoms with Gasteiger partial charge in [0, 0.05) is 39.6 Å². The second-order valence-corrected chi connectivity index (χ2v) is 8.03. The van der Waals surface area contributed by atoms with E-state index >= 15 is 0 Å². The number of aromatic amines is 1. The van der Waals surface area contributed by atoms with Gasteiger partial charge in [0.1, 0.15) is 17.3 Å². The summed E-state index contributed by atoms with van der Waals surface area (Å²) < 4.78 is 5.96. The highest BCUT2D eigenvalue weighted by atomic mass is 16.5. The molecule has 1 fully saturated rings. The first kappa shape index (κ1) is 23.0. The molecule has 0 aliphatic carbocycles. The van der Waals surface area contributed by atoms with Gasteiger partial charge in [-0.05, 0) is 37.6 Å². The molecule has 1 aromatic heterocycles. The van der Waals surface area contributed by atoms with Crippen LogP contribution >= 0.6 is 0 Å². The first-order valence-electron chi connectivity index (χ1n) is 11.0. The van der Waals surface area contributed by atoms with Crippen LogP contribution in [0.15, 0.2) is 23.0 Å². The summed E-state index contributed by atoms with van der Waals surface area (Å²) in [5, 5.41) is 2.60. The Morgan fingerprint density at radius 1 is 1.23 bits per heavy atom. The summed E-state index contributed by atoms with van der Waals surface area (Å²) >= 11 is 0. The Balaban J connectivity index is 1.97. The number of nitrogens with one attached hydrogen (secondary N) is 2. The Bertz CT molecular complexity index is 964. The van der Waals surface area contributed by atoms with Crippen LogP contribution in [0.4, 0.5) is 5.69 Å². The van der Waals surface area contributed by atoms with E-state index in [1.54, 1.807) is 0 Å². The molecule has 2 aromatic rings. The van der Waals surface area contributed by atoms with Crippen molar-refractivity contribution >= 4 is 11.6 Å². The van der Waals surface area contributed by atoms with Gasteiger partial charge < -0.3 is 19.9 Å². The lowest BCUT2D eigenvalue weighted by molar-refractivity contribution is -0.114. The number of carbonyl (C=O) groups excluding carboxylic acids is 1. The summed E-state index contributed by atoms with van der Waals surface area (Å²) in [4.78, 5) is 36.5. The van der Waals surface area contributed by atoms with Crippen LogP contribution in [0.25, 0.3) is 11.4 Å². The van der Waals surface area contributed by atoms with E-state index in [1.807, 2.05) is 13.0 Å². The minimum absolute atomic E-state index is 0.211. The number of rotatable bonds is 8. The molecule has 0 bridgehead atoms. The van der Waals surface area contributed by atoms with Crippen LogP contribution in [0.1, 0.15) is 38.4 Å². The molecule has 1 amide bonds. The predicted molar refractivity (Wildman–Crippen MR) is 123 cm³/mol. The monoisotopic (exact) mass is 427 g/mol. The van der Waals surface area contributed by atoms with E-state index in [2.05, 4.69) is 51.2 Å². The molecule has 1 aromatic carbocycles. The van der Waals surface area contributed by atoms with Gasteiger partial charge in [-0.3, -0.25) is 14.5 Å². The van der Waals surface area contributed by atoms with Crippen LogP contribution in [-0.4, -0.2) is 65.5 Å². The molecule has 31 heavy (non-hydrogen) atoms. The van der Waals surface area contributed by atoms with E-state index < -0.39 is 0 Å². The van der Waals surface area contributed by atoms with Crippen molar-refractivity contribution in [3.63, 3.8) is 0 Å². The number of carbonyl (C=O) groups is 1. The quantitative estimate of drug-likeness (QED) is 0.673. The van der Waals surface area contributed by atoms with Gasteiger partial charge in [0.15, 0.2) is 0 Å². The van der Waals surface area contributed by atoms with Gasteiger partial charge in [-0.1, -0.05) is 19.9 Å². The minimum atomic E-state index is -0.358. The fraction of sp³-hybridized carbons (Fsp3) is 0.522. The van der Waals surface area contributed by atoms with E-state index in [1.165, 1.54) is 6.92 Å². The van der Waals surface area contributed by atoms with Crippen molar-refractivity contribution in [2.24, 2.45) is 0 Å². The van der Waals surface area contributed by atoms with E-state index in [0.717, 1.165) is 50.3 Å². The zero-order valence-corrected chi connectivity index (χ0v) is 19.0. The number of H-pyrrole nitrogens is 1. The largest absolute Gasteiger partial charge is 0.493 e. The van der Waals surface area contributed by atoms with Gasteiger partial charge in [-0.15, -0.1) is 0 Å². The van der Waals surface area contributed by atoms with Gasteiger partial charge in [0.25, 0.3) is 5.56 Å². The van der Waals surface area contributed by atoms with Crippen molar-refractivity contribution in [2.45, 2.75) is 40.2 Å². The lowest BCUT2D eigenvalue weighted by Crippen LogP contribution is -2.43. The topological polar surface area (TPSA) is 90.6 Å². The van der Waals surface area contributed by atoms with Gasteiger partial charge in [0.2, 0.25) is 5.91 Å². The molecule has 0 spiro atoms. The van der Waals surface area contributed by atoms with Crippen LogP contribution in [0.5, 0.6) is 5.75 Å². The SMILES string of the molecule is CCCOc1ccc(CN2CCN(C)CC2)cc1-c1nc(CC)c(NC(C)=O)c(=O)[nH]1. The zero-order chi connectivity index (χ0) is 22.4. The van der Waals surface area contributed by atoms with Crippen molar-refractivity contribution in [2.75, 3.05) is 45.2 Å². The summed E-state index contributed by atoms with van der Waals surface area (Å²) in [5.41, 5.74) is 2.32. The Kier molecular flexibility index (Phi) is 7.81. The van der Waals surface area contributed by atoms with Crippen LogP contribution < -0.4 is 15.6 Å². The smallest absolute Gasteiger partial charge is 0.275 e. The Morgan fingerprint density at radius 3 is 2.61 bits per heavy atom. The fourth-order valence-corrected chi connectivity index (χ4v) is 3.67. The van der Waals surface area contributed by atoms with Crippen molar-refractivity contribution < 1.29 is 9.53 Å². The number of aromatic nitrogens is 2. The maximum absolute atomic E-state index is 12.7. The molecule has 8 heteroatoms. The summed E-state index contributed by atoms with van der Waals surface area (Å²) in [6.45, 7) is 10.9. The third kappa shape index (κ3) is 5.92. The number of hydrogen-bond donors (Lipinski definition) is 2. The molecule has 1 aliphatic rings. The van der Waals surface area contributed by atoms with Crippen molar-refractivity contribution in [3.8, 4) is 17.1 Å². The number of anilines is 1.